The third kappa shape index (κ3) is 2.32. The van der Waals surface area contributed by atoms with Crippen molar-refractivity contribution in [2.75, 3.05) is 20.1 Å². The van der Waals surface area contributed by atoms with Crippen molar-refractivity contribution in [2.24, 2.45) is 11.7 Å². The van der Waals surface area contributed by atoms with Crippen molar-refractivity contribution in [2.45, 2.75) is 11.8 Å². The first-order valence-electron chi connectivity index (χ1n) is 7.75. The van der Waals surface area contributed by atoms with Crippen LogP contribution >= 0.6 is 0 Å². The maximum atomic E-state index is 12.7. The molecule has 2 aromatic rings. The molecule has 1 fully saturated rings. The van der Waals surface area contributed by atoms with Gasteiger partial charge in [-0.3, -0.25) is 4.79 Å². The van der Waals surface area contributed by atoms with Crippen molar-refractivity contribution in [3.8, 4) is 0 Å². The summed E-state index contributed by atoms with van der Waals surface area (Å²) in [5, 5.41) is 0. The third-order valence-corrected chi connectivity index (χ3v) is 4.85. The average Bonchev–Trinajstić information content (AvgIpc) is 2.97. The monoisotopic (exact) mass is 294 g/mol. The number of nitrogens with zero attached hydrogens (tertiary/aromatic N) is 1. The van der Waals surface area contributed by atoms with Gasteiger partial charge in [-0.25, -0.2) is 0 Å². The molecule has 22 heavy (non-hydrogen) atoms. The van der Waals surface area contributed by atoms with E-state index in [4.69, 9.17) is 5.73 Å². The molecule has 2 aromatic carbocycles. The van der Waals surface area contributed by atoms with Crippen LogP contribution in [0.25, 0.3) is 0 Å². The van der Waals surface area contributed by atoms with Gasteiger partial charge in [0.05, 0.1) is 0 Å². The van der Waals surface area contributed by atoms with Crippen LogP contribution in [0.15, 0.2) is 60.7 Å². The Labute approximate surface area is 131 Å². The molecular formula is C19H22N2O. The largest absolute Gasteiger partial charge is 0.369 e. The van der Waals surface area contributed by atoms with E-state index in [-0.39, 0.29) is 11.8 Å². The molecule has 0 spiro atoms. The van der Waals surface area contributed by atoms with Gasteiger partial charge in [-0.15, -0.1) is 0 Å². The quantitative estimate of drug-likeness (QED) is 0.941. The molecule has 1 atom stereocenters. The van der Waals surface area contributed by atoms with E-state index in [0.29, 0.717) is 0 Å². The molecule has 0 unspecified atom stereocenters. The van der Waals surface area contributed by atoms with Crippen LogP contribution in [-0.2, 0) is 10.2 Å². The first kappa shape index (κ1) is 14.8. The lowest BCUT2D eigenvalue weighted by Gasteiger charge is -2.37. The molecule has 1 saturated heterocycles. The lowest BCUT2D eigenvalue weighted by Crippen LogP contribution is -2.49. The van der Waals surface area contributed by atoms with Crippen LogP contribution in [0.3, 0.4) is 0 Å². The Balaban J connectivity index is 2.22. The highest BCUT2D eigenvalue weighted by molar-refractivity contribution is 5.91. The molecule has 0 bridgehead atoms. The molecule has 3 rings (SSSR count). The predicted molar refractivity (Wildman–Crippen MR) is 88.5 cm³/mol. The Morgan fingerprint density at radius 3 is 1.91 bits per heavy atom. The highest BCUT2D eigenvalue weighted by Gasteiger charge is 2.48. The summed E-state index contributed by atoms with van der Waals surface area (Å²) in [6.45, 7) is 1.88. The van der Waals surface area contributed by atoms with Gasteiger partial charge in [0, 0.05) is 6.54 Å². The standard InChI is InChI=1S/C19H22N2O/c1-21-13-12-17(14-21)19(18(20)22,15-8-4-2-5-9-15)16-10-6-3-7-11-16/h2-11,17H,12-14H2,1H3,(H2,20,22)/t17-/m0/s1. The number of hydrogen-bond donors (Lipinski definition) is 1. The van der Waals surface area contributed by atoms with Gasteiger partial charge in [0.1, 0.15) is 5.41 Å². The van der Waals surface area contributed by atoms with Crippen LogP contribution in [0, 0.1) is 5.92 Å². The molecular weight excluding hydrogens is 272 g/mol. The lowest BCUT2D eigenvalue weighted by molar-refractivity contribution is -0.123. The van der Waals surface area contributed by atoms with Crippen molar-refractivity contribution >= 4 is 5.91 Å². The second-order valence-electron chi connectivity index (χ2n) is 6.15. The van der Waals surface area contributed by atoms with E-state index in [0.717, 1.165) is 30.6 Å². The molecule has 3 nitrogen and oxygen atoms in total. The first-order valence-corrected chi connectivity index (χ1v) is 7.75. The smallest absolute Gasteiger partial charge is 0.232 e. The van der Waals surface area contributed by atoms with Gasteiger partial charge in [0.25, 0.3) is 0 Å². The Morgan fingerprint density at radius 1 is 1.05 bits per heavy atom. The maximum absolute atomic E-state index is 12.7. The van der Waals surface area contributed by atoms with Crippen molar-refractivity contribution in [3.63, 3.8) is 0 Å². The number of rotatable bonds is 4. The molecule has 1 heterocycles. The van der Waals surface area contributed by atoms with Gasteiger partial charge in [-0.2, -0.15) is 0 Å². The van der Waals surface area contributed by atoms with E-state index >= 15 is 0 Å². The predicted octanol–water partition coefficient (Wildman–Crippen LogP) is 2.41. The number of primary amides is 1. The van der Waals surface area contributed by atoms with Gasteiger partial charge in [0.2, 0.25) is 5.91 Å². The van der Waals surface area contributed by atoms with Crippen molar-refractivity contribution in [1.82, 2.24) is 4.90 Å². The minimum Gasteiger partial charge on any atom is -0.369 e. The van der Waals surface area contributed by atoms with Crippen LogP contribution in [0.5, 0.6) is 0 Å². The van der Waals surface area contributed by atoms with Crippen LogP contribution in [0.1, 0.15) is 17.5 Å². The summed E-state index contributed by atoms with van der Waals surface area (Å²) in [5.74, 6) is -0.0648. The summed E-state index contributed by atoms with van der Waals surface area (Å²) in [4.78, 5) is 15.0. The summed E-state index contributed by atoms with van der Waals surface area (Å²) < 4.78 is 0. The van der Waals surface area contributed by atoms with E-state index in [9.17, 15) is 4.79 Å². The fourth-order valence-electron chi connectivity index (χ4n) is 3.81. The molecule has 1 amide bonds. The normalized spacial score (nSPS) is 19.2. The zero-order chi connectivity index (χ0) is 15.6. The summed E-state index contributed by atoms with van der Waals surface area (Å²) >= 11 is 0. The molecule has 3 heteroatoms. The number of carbonyl (C=O) groups is 1. The van der Waals surface area contributed by atoms with Crippen LogP contribution in [0.2, 0.25) is 0 Å². The van der Waals surface area contributed by atoms with Gasteiger partial charge in [-0.1, -0.05) is 60.7 Å². The third-order valence-electron chi connectivity index (χ3n) is 4.85. The molecule has 2 N–H and O–H groups in total. The second kappa shape index (κ2) is 5.93. The highest BCUT2D eigenvalue weighted by Crippen LogP contribution is 2.43. The number of carbonyl (C=O) groups excluding carboxylic acids is 1. The van der Waals surface area contributed by atoms with Gasteiger partial charge in [0.15, 0.2) is 0 Å². The number of nitrogens with two attached hydrogens (primary N) is 1. The summed E-state index contributed by atoms with van der Waals surface area (Å²) in [5.41, 5.74) is 7.24. The van der Waals surface area contributed by atoms with Gasteiger partial charge in [-0.05, 0) is 37.1 Å². The topological polar surface area (TPSA) is 46.3 Å². The highest BCUT2D eigenvalue weighted by atomic mass is 16.1. The van der Waals surface area contributed by atoms with Crippen molar-refractivity contribution in [3.05, 3.63) is 71.8 Å². The van der Waals surface area contributed by atoms with Gasteiger partial charge < -0.3 is 10.6 Å². The second-order valence-corrected chi connectivity index (χ2v) is 6.15. The van der Waals surface area contributed by atoms with E-state index in [1.54, 1.807) is 0 Å². The minimum atomic E-state index is -0.757. The number of benzene rings is 2. The molecule has 1 aliphatic heterocycles. The van der Waals surface area contributed by atoms with Crippen molar-refractivity contribution in [1.29, 1.82) is 0 Å². The lowest BCUT2D eigenvalue weighted by atomic mass is 9.64. The Bertz CT molecular complexity index is 599. The van der Waals surface area contributed by atoms with E-state index in [2.05, 4.69) is 11.9 Å². The molecule has 0 radical (unpaired) electrons. The Hall–Kier alpha value is -2.13. The van der Waals surface area contributed by atoms with Gasteiger partial charge >= 0.3 is 0 Å². The maximum Gasteiger partial charge on any atom is 0.232 e. The summed E-state index contributed by atoms with van der Waals surface area (Å²) in [6.07, 6.45) is 0.975. The zero-order valence-corrected chi connectivity index (χ0v) is 12.9. The first-order chi connectivity index (χ1) is 10.7. The zero-order valence-electron chi connectivity index (χ0n) is 12.9. The summed E-state index contributed by atoms with van der Waals surface area (Å²) in [7, 11) is 2.10. The van der Waals surface area contributed by atoms with Crippen LogP contribution < -0.4 is 5.73 Å². The van der Waals surface area contributed by atoms with E-state index in [1.165, 1.54) is 0 Å². The number of likely N-dealkylation sites (tertiary alicyclic amines) is 1. The average molecular weight is 294 g/mol. The van der Waals surface area contributed by atoms with E-state index < -0.39 is 5.41 Å². The Morgan fingerprint density at radius 2 is 1.55 bits per heavy atom. The molecule has 0 saturated carbocycles. The van der Waals surface area contributed by atoms with Crippen LogP contribution in [0.4, 0.5) is 0 Å². The molecule has 1 aliphatic rings. The SMILES string of the molecule is CN1CC[C@H](C(C(N)=O)(c2ccccc2)c2ccccc2)C1. The van der Waals surface area contributed by atoms with Crippen LogP contribution in [-0.4, -0.2) is 30.9 Å². The van der Waals surface area contributed by atoms with E-state index in [1.807, 2.05) is 60.7 Å². The van der Waals surface area contributed by atoms with Crippen molar-refractivity contribution < 1.29 is 4.79 Å². The molecule has 0 aliphatic carbocycles. The Kier molecular flexibility index (Phi) is 3.99. The number of hydrogen-bond acceptors (Lipinski definition) is 2. The molecule has 0 aromatic heterocycles. The fraction of sp³-hybridized carbons (Fsp3) is 0.316. The summed E-state index contributed by atoms with van der Waals surface area (Å²) in [6, 6.07) is 20.0. The molecule has 114 valence electrons. The number of amides is 1. The minimum absolute atomic E-state index is 0.194. The fourth-order valence-corrected chi connectivity index (χ4v) is 3.81.